The number of ether oxygens (including phenoxy) is 2. The molecule has 2 aromatic carbocycles. The largest absolute Gasteiger partial charge is 0.493 e. The van der Waals surface area contributed by atoms with Crippen LogP contribution < -0.4 is 19.5 Å². The van der Waals surface area contributed by atoms with Gasteiger partial charge < -0.3 is 14.8 Å². The van der Waals surface area contributed by atoms with Crippen molar-refractivity contribution in [3.63, 3.8) is 0 Å². The molecule has 1 amide bonds. The van der Waals surface area contributed by atoms with Crippen molar-refractivity contribution >= 4 is 22.0 Å². The number of nitrogens with one attached hydrogen (secondary N) is 2. The molecule has 0 aliphatic carbocycles. The third-order valence-corrected chi connectivity index (χ3v) is 5.28. The van der Waals surface area contributed by atoms with Crippen molar-refractivity contribution in [3.05, 3.63) is 65.1 Å². The third-order valence-electron chi connectivity index (χ3n) is 4.18. The van der Waals surface area contributed by atoms with Crippen LogP contribution in [0.5, 0.6) is 11.5 Å². The van der Waals surface area contributed by atoms with E-state index in [0.29, 0.717) is 11.5 Å². The van der Waals surface area contributed by atoms with Crippen molar-refractivity contribution in [2.45, 2.75) is 19.4 Å². The summed E-state index contributed by atoms with van der Waals surface area (Å²) in [5.41, 5.74) is 1.63. The summed E-state index contributed by atoms with van der Waals surface area (Å²) in [4.78, 5) is 12.1. The minimum absolute atomic E-state index is 0.00590. The van der Waals surface area contributed by atoms with E-state index in [2.05, 4.69) is 10.0 Å². The molecule has 1 unspecified atom stereocenters. The molecular weight excluding hydrogens is 392 g/mol. The van der Waals surface area contributed by atoms with Gasteiger partial charge >= 0.3 is 0 Å². The van der Waals surface area contributed by atoms with Gasteiger partial charge in [-0.3, -0.25) is 4.79 Å². The van der Waals surface area contributed by atoms with Gasteiger partial charge in [-0.15, -0.1) is 0 Å². The van der Waals surface area contributed by atoms with Crippen LogP contribution in [-0.4, -0.2) is 35.1 Å². The Balaban J connectivity index is 1.84. The van der Waals surface area contributed by atoms with E-state index in [1.54, 1.807) is 38.5 Å². The van der Waals surface area contributed by atoms with E-state index in [1.165, 1.54) is 6.08 Å². The Morgan fingerprint density at radius 3 is 2.41 bits per heavy atom. The van der Waals surface area contributed by atoms with Crippen LogP contribution in [-0.2, 0) is 14.8 Å². The van der Waals surface area contributed by atoms with E-state index in [0.717, 1.165) is 16.5 Å². The van der Waals surface area contributed by atoms with Gasteiger partial charge in [-0.05, 0) is 36.3 Å². The van der Waals surface area contributed by atoms with Crippen molar-refractivity contribution in [3.8, 4) is 11.5 Å². The normalized spacial score (nSPS) is 12.5. The summed E-state index contributed by atoms with van der Waals surface area (Å²) in [5, 5.41) is 3.93. The van der Waals surface area contributed by atoms with Crippen molar-refractivity contribution in [1.29, 1.82) is 0 Å². The minimum atomic E-state index is -3.61. The zero-order chi connectivity index (χ0) is 21.3. The van der Waals surface area contributed by atoms with Crippen molar-refractivity contribution < 1.29 is 22.7 Å². The molecule has 156 valence electrons. The molecule has 0 saturated heterocycles. The van der Waals surface area contributed by atoms with Crippen LogP contribution in [0.15, 0.2) is 53.9 Å². The fraction of sp³-hybridized carbons (Fsp3) is 0.286. The number of benzene rings is 2. The number of hydrogen-bond donors (Lipinski definition) is 2. The first-order valence-electron chi connectivity index (χ1n) is 9.08. The molecule has 0 saturated carbocycles. The van der Waals surface area contributed by atoms with Crippen LogP contribution >= 0.6 is 0 Å². The summed E-state index contributed by atoms with van der Waals surface area (Å²) in [6.45, 7) is 1.85. The topological polar surface area (TPSA) is 93.7 Å². The smallest absolute Gasteiger partial charge is 0.233 e. The van der Waals surface area contributed by atoms with Crippen LogP contribution in [0, 0.1) is 0 Å². The van der Waals surface area contributed by atoms with Crippen molar-refractivity contribution in [2.24, 2.45) is 0 Å². The molecule has 0 heterocycles. The van der Waals surface area contributed by atoms with Crippen LogP contribution in [0.25, 0.3) is 6.08 Å². The lowest BCUT2D eigenvalue weighted by molar-refractivity contribution is -0.121. The molecule has 0 fully saturated rings. The summed E-state index contributed by atoms with van der Waals surface area (Å²) in [6, 6.07) is 14.2. The van der Waals surface area contributed by atoms with E-state index < -0.39 is 10.0 Å². The van der Waals surface area contributed by atoms with Gasteiger partial charge in [0.2, 0.25) is 15.9 Å². The van der Waals surface area contributed by atoms with Crippen molar-refractivity contribution in [1.82, 2.24) is 10.0 Å². The van der Waals surface area contributed by atoms with E-state index >= 15 is 0 Å². The Morgan fingerprint density at radius 1 is 1.07 bits per heavy atom. The predicted octanol–water partition coefficient (Wildman–Crippen LogP) is 2.86. The molecule has 1 atom stereocenters. The average molecular weight is 419 g/mol. The third kappa shape index (κ3) is 7.24. The molecular formula is C21H26N2O5S. The number of carbonyl (C=O) groups is 1. The Bertz CT molecular complexity index is 943. The first-order valence-corrected chi connectivity index (χ1v) is 10.6. The monoisotopic (exact) mass is 418 g/mol. The highest BCUT2D eigenvalue weighted by molar-refractivity contribution is 7.92. The van der Waals surface area contributed by atoms with E-state index in [1.807, 2.05) is 31.2 Å². The highest BCUT2D eigenvalue weighted by Gasteiger charge is 2.13. The molecule has 0 aliphatic heterocycles. The molecule has 29 heavy (non-hydrogen) atoms. The molecule has 0 aromatic heterocycles. The van der Waals surface area contributed by atoms with Gasteiger partial charge in [-0.25, -0.2) is 13.1 Å². The second kappa shape index (κ2) is 10.6. The summed E-state index contributed by atoms with van der Waals surface area (Å²) >= 11 is 0. The second-order valence-electron chi connectivity index (χ2n) is 6.31. The summed E-state index contributed by atoms with van der Waals surface area (Å²) in [5.74, 6) is 0.916. The number of carbonyl (C=O) groups excluding carboxylic acids is 1. The van der Waals surface area contributed by atoms with Gasteiger partial charge in [0.25, 0.3) is 0 Å². The zero-order valence-corrected chi connectivity index (χ0v) is 17.5. The Labute approximate surface area is 171 Å². The van der Waals surface area contributed by atoms with Crippen LogP contribution in [0.2, 0.25) is 0 Å². The van der Waals surface area contributed by atoms with Crippen LogP contribution in [0.1, 0.15) is 30.5 Å². The SMILES string of the molecule is COc1ccc(C(C)NC(=O)CCNS(=O)(=O)C=Cc2ccccc2)cc1OC. The summed E-state index contributed by atoms with van der Waals surface area (Å²) in [7, 11) is -0.515. The average Bonchev–Trinajstić information content (AvgIpc) is 2.72. The molecule has 0 bridgehead atoms. The molecule has 8 heteroatoms. The highest BCUT2D eigenvalue weighted by Crippen LogP contribution is 2.29. The molecule has 2 N–H and O–H groups in total. The lowest BCUT2D eigenvalue weighted by Gasteiger charge is -2.16. The van der Waals surface area contributed by atoms with Crippen LogP contribution in [0.4, 0.5) is 0 Å². The number of amides is 1. The van der Waals surface area contributed by atoms with Gasteiger partial charge in [0.1, 0.15) is 0 Å². The Hall–Kier alpha value is -2.84. The first-order chi connectivity index (χ1) is 13.8. The first kappa shape index (κ1) is 22.4. The maximum atomic E-state index is 12.1. The van der Waals surface area contributed by atoms with Crippen LogP contribution in [0.3, 0.4) is 0 Å². The van der Waals surface area contributed by atoms with Gasteiger partial charge in [-0.1, -0.05) is 36.4 Å². The molecule has 0 radical (unpaired) electrons. The maximum absolute atomic E-state index is 12.1. The lowest BCUT2D eigenvalue weighted by atomic mass is 10.1. The number of sulfonamides is 1. The second-order valence-corrected chi connectivity index (χ2v) is 7.96. The zero-order valence-electron chi connectivity index (χ0n) is 16.7. The molecule has 7 nitrogen and oxygen atoms in total. The fourth-order valence-electron chi connectivity index (χ4n) is 2.61. The van der Waals surface area contributed by atoms with Gasteiger partial charge in [0.05, 0.1) is 20.3 Å². The molecule has 2 rings (SSSR count). The standard InChI is InChI=1S/C21H26N2O5S/c1-16(18-9-10-19(27-2)20(15-18)28-3)23-21(24)11-13-22-29(25,26)14-12-17-7-5-4-6-8-17/h4-10,12,14-16,22H,11,13H2,1-3H3,(H,23,24). The van der Waals surface area contributed by atoms with E-state index in [-0.39, 0.29) is 24.9 Å². The van der Waals surface area contributed by atoms with Gasteiger partial charge in [0, 0.05) is 18.4 Å². The minimum Gasteiger partial charge on any atom is -0.493 e. The van der Waals surface area contributed by atoms with E-state index in [4.69, 9.17) is 9.47 Å². The highest BCUT2D eigenvalue weighted by atomic mass is 32.2. The fourth-order valence-corrected chi connectivity index (χ4v) is 3.43. The van der Waals surface area contributed by atoms with Gasteiger partial charge in [0.15, 0.2) is 11.5 Å². The summed E-state index contributed by atoms with van der Waals surface area (Å²) < 4.78 is 36.9. The number of hydrogen-bond acceptors (Lipinski definition) is 5. The van der Waals surface area contributed by atoms with Gasteiger partial charge in [-0.2, -0.15) is 0 Å². The number of rotatable bonds is 10. The van der Waals surface area contributed by atoms with E-state index in [9.17, 15) is 13.2 Å². The summed E-state index contributed by atoms with van der Waals surface area (Å²) in [6.07, 6.45) is 1.53. The Kier molecular flexibility index (Phi) is 8.23. The van der Waals surface area contributed by atoms with Crippen molar-refractivity contribution in [2.75, 3.05) is 20.8 Å². The quantitative estimate of drug-likeness (QED) is 0.619. The predicted molar refractivity (Wildman–Crippen MR) is 113 cm³/mol. The molecule has 0 spiro atoms. The molecule has 0 aliphatic rings. The number of methoxy groups -OCH3 is 2. The lowest BCUT2D eigenvalue weighted by Crippen LogP contribution is -2.31. The Morgan fingerprint density at radius 2 is 1.76 bits per heavy atom. The molecule has 2 aromatic rings. The maximum Gasteiger partial charge on any atom is 0.233 e.